The van der Waals surface area contributed by atoms with Crippen molar-refractivity contribution in [3.05, 3.63) is 42.1 Å². The quantitative estimate of drug-likeness (QED) is 0.354. The minimum Gasteiger partial charge on any atom is -0.451 e. The molecule has 0 radical (unpaired) electrons. The van der Waals surface area contributed by atoms with Crippen LogP contribution in [0.1, 0.15) is 82.5 Å². The maximum atomic E-state index is 14.2. The highest BCUT2D eigenvalue weighted by molar-refractivity contribution is 7.88. The summed E-state index contributed by atoms with van der Waals surface area (Å²) >= 11 is 0. The molecule has 11 heteroatoms. The molecule has 0 bridgehead atoms. The lowest BCUT2D eigenvalue weighted by Gasteiger charge is -2.28. The number of rotatable bonds is 12. The number of anilines is 1. The van der Waals surface area contributed by atoms with E-state index in [0.29, 0.717) is 29.9 Å². The Balaban J connectivity index is 1.34. The van der Waals surface area contributed by atoms with Crippen molar-refractivity contribution in [2.45, 2.75) is 84.2 Å². The number of hydrogen-bond acceptors (Lipinski definition) is 7. The Morgan fingerprint density at radius 1 is 1.15 bits per heavy atom. The maximum absolute atomic E-state index is 14.2. The van der Waals surface area contributed by atoms with Gasteiger partial charge in [0.25, 0.3) is 5.91 Å². The van der Waals surface area contributed by atoms with Gasteiger partial charge >= 0.3 is 0 Å². The Kier molecular flexibility index (Phi) is 10.6. The van der Waals surface area contributed by atoms with E-state index in [1.807, 2.05) is 20.8 Å². The van der Waals surface area contributed by atoms with Crippen LogP contribution in [-0.4, -0.2) is 67.2 Å². The van der Waals surface area contributed by atoms with Gasteiger partial charge in [-0.15, -0.1) is 0 Å². The summed E-state index contributed by atoms with van der Waals surface area (Å²) in [6.45, 7) is 7.98. The summed E-state index contributed by atoms with van der Waals surface area (Å²) in [6, 6.07) is 4.06. The average molecular weight is 590 g/mol. The Morgan fingerprint density at radius 3 is 2.56 bits per heavy atom. The molecule has 1 saturated carbocycles. The van der Waals surface area contributed by atoms with E-state index in [4.69, 9.17) is 4.74 Å². The van der Waals surface area contributed by atoms with Crippen molar-refractivity contribution in [2.75, 3.05) is 30.8 Å². The normalized spacial score (nSPS) is 21.3. The van der Waals surface area contributed by atoms with Crippen molar-refractivity contribution < 1.29 is 22.3 Å². The van der Waals surface area contributed by atoms with E-state index in [2.05, 4.69) is 19.6 Å². The number of nitrogens with zero attached hydrogens (tertiary/aromatic N) is 4. The van der Waals surface area contributed by atoms with E-state index >= 15 is 0 Å². The van der Waals surface area contributed by atoms with E-state index in [1.165, 1.54) is 37.2 Å². The Labute approximate surface area is 243 Å². The predicted octanol–water partition coefficient (Wildman–Crippen LogP) is 5.38. The Bertz CT molecular complexity index is 1280. The van der Waals surface area contributed by atoms with Gasteiger partial charge in [-0.1, -0.05) is 12.8 Å². The summed E-state index contributed by atoms with van der Waals surface area (Å²) in [6.07, 6.45) is 12.9. The van der Waals surface area contributed by atoms with Crippen LogP contribution in [0.25, 0.3) is 0 Å². The van der Waals surface area contributed by atoms with Crippen molar-refractivity contribution in [2.24, 2.45) is 11.8 Å². The fourth-order valence-corrected chi connectivity index (χ4v) is 7.06. The van der Waals surface area contributed by atoms with Crippen LogP contribution in [0, 0.1) is 17.7 Å². The number of carbonyl (C=O) groups excluding carboxylic acids is 1. The van der Waals surface area contributed by atoms with Crippen LogP contribution in [0.15, 0.2) is 30.7 Å². The maximum Gasteiger partial charge on any atom is 0.257 e. The van der Waals surface area contributed by atoms with E-state index in [0.717, 1.165) is 58.0 Å². The lowest BCUT2D eigenvalue weighted by Crippen LogP contribution is -2.36. The highest BCUT2D eigenvalue weighted by atomic mass is 32.2. The smallest absolute Gasteiger partial charge is 0.257 e. The molecule has 1 aliphatic carbocycles. The average Bonchev–Trinajstić information content (AvgIpc) is 3.39. The number of benzene rings is 1. The summed E-state index contributed by atoms with van der Waals surface area (Å²) in [7, 11) is -3.14. The molecule has 2 aliphatic rings. The van der Waals surface area contributed by atoms with Gasteiger partial charge in [-0.2, -0.15) is 0 Å². The van der Waals surface area contributed by atoms with Crippen LogP contribution >= 0.6 is 0 Å². The lowest BCUT2D eigenvalue weighted by molar-refractivity contribution is 0.0713. The Hall–Kier alpha value is -2.79. The van der Waals surface area contributed by atoms with Crippen molar-refractivity contribution >= 4 is 21.7 Å². The largest absolute Gasteiger partial charge is 0.451 e. The number of halogens is 1. The topological polar surface area (TPSA) is 105 Å². The molecule has 1 aliphatic heterocycles. The van der Waals surface area contributed by atoms with Crippen LogP contribution in [0.4, 0.5) is 10.2 Å². The van der Waals surface area contributed by atoms with E-state index in [-0.39, 0.29) is 29.3 Å². The van der Waals surface area contributed by atoms with Gasteiger partial charge in [0.2, 0.25) is 10.0 Å². The molecule has 1 aromatic heterocycles. The molecule has 2 fully saturated rings. The van der Waals surface area contributed by atoms with Gasteiger partial charge in [0.05, 0.1) is 18.0 Å². The minimum atomic E-state index is -3.14. The molecule has 9 nitrogen and oxygen atoms in total. The zero-order valence-electron chi connectivity index (χ0n) is 24.7. The molecule has 226 valence electrons. The first kappa shape index (κ1) is 31.2. The minimum absolute atomic E-state index is 0.0345. The summed E-state index contributed by atoms with van der Waals surface area (Å²) in [4.78, 5) is 25.8. The van der Waals surface area contributed by atoms with Gasteiger partial charge in [-0.3, -0.25) is 4.79 Å². The van der Waals surface area contributed by atoms with Crippen LogP contribution in [0.2, 0.25) is 0 Å². The fraction of sp³-hybridized carbons (Fsp3) is 0.633. The number of ether oxygens (including phenoxy) is 1. The van der Waals surface area contributed by atoms with Crippen LogP contribution in [0.5, 0.6) is 11.5 Å². The second-order valence-corrected chi connectivity index (χ2v) is 13.6. The summed E-state index contributed by atoms with van der Waals surface area (Å²) in [5, 5.41) is 0. The van der Waals surface area contributed by atoms with Gasteiger partial charge in [0.15, 0.2) is 11.6 Å². The molecule has 2 aromatic rings. The van der Waals surface area contributed by atoms with Crippen LogP contribution in [-0.2, 0) is 10.0 Å². The molecule has 4 rings (SSSR count). The number of hydrogen-bond donors (Lipinski definition) is 1. The third-order valence-electron chi connectivity index (χ3n) is 8.31. The molecular weight excluding hydrogens is 545 g/mol. The zero-order chi connectivity index (χ0) is 29.6. The summed E-state index contributed by atoms with van der Waals surface area (Å²) < 4.78 is 46.2. The second kappa shape index (κ2) is 13.9. The summed E-state index contributed by atoms with van der Waals surface area (Å²) in [5.74, 6) is 1.85. The van der Waals surface area contributed by atoms with E-state index < -0.39 is 15.8 Å². The SMILES string of the molecule is CCN(C(=O)c1cc(F)ccc1Oc1cncnc1N1CC[C@@H](CCCC2CCC(NS(C)(=O)=O)CC2)C1)C(C)C. The lowest BCUT2D eigenvalue weighted by atomic mass is 9.83. The number of carbonyl (C=O) groups is 1. The van der Waals surface area contributed by atoms with Gasteiger partial charge in [-0.05, 0) is 89.3 Å². The van der Waals surface area contributed by atoms with Gasteiger partial charge in [0, 0.05) is 31.7 Å². The van der Waals surface area contributed by atoms with Crippen molar-refractivity contribution in [3.8, 4) is 11.5 Å². The molecule has 1 N–H and O–H groups in total. The van der Waals surface area contributed by atoms with Crippen LogP contribution < -0.4 is 14.4 Å². The number of nitrogens with one attached hydrogen (secondary N) is 1. The Morgan fingerprint density at radius 2 is 1.88 bits per heavy atom. The fourth-order valence-electron chi connectivity index (χ4n) is 6.22. The standard InChI is InChI=1S/C30H44FN5O4S/c1-5-36(21(2)3)30(37)26-17-24(31)11-14-27(26)40-28-18-32-20-33-29(28)35-16-15-23(19-35)8-6-7-22-9-12-25(13-10-22)34-41(4,38)39/h11,14,17-18,20-23,25,34H,5-10,12-13,15-16,19H2,1-4H3/t22?,23-,25?/m1/s1. The van der Waals surface area contributed by atoms with Gasteiger partial charge < -0.3 is 14.5 Å². The third kappa shape index (κ3) is 8.61. The van der Waals surface area contributed by atoms with Crippen LogP contribution in [0.3, 0.4) is 0 Å². The monoisotopic (exact) mass is 589 g/mol. The highest BCUT2D eigenvalue weighted by Crippen LogP contribution is 2.36. The molecule has 41 heavy (non-hydrogen) atoms. The zero-order valence-corrected chi connectivity index (χ0v) is 25.5. The first-order valence-corrected chi connectivity index (χ1v) is 16.7. The molecule has 1 aromatic carbocycles. The highest BCUT2D eigenvalue weighted by Gasteiger charge is 2.28. The first-order valence-electron chi connectivity index (χ1n) is 14.8. The first-order chi connectivity index (χ1) is 19.5. The molecule has 2 heterocycles. The van der Waals surface area contributed by atoms with Gasteiger partial charge in [-0.25, -0.2) is 27.5 Å². The van der Waals surface area contributed by atoms with Crippen molar-refractivity contribution in [1.29, 1.82) is 0 Å². The second-order valence-electron chi connectivity index (χ2n) is 11.8. The summed E-state index contributed by atoms with van der Waals surface area (Å²) in [5.41, 5.74) is 0.177. The molecular formula is C30H44FN5O4S. The van der Waals surface area contributed by atoms with Crippen molar-refractivity contribution in [1.82, 2.24) is 19.6 Å². The van der Waals surface area contributed by atoms with Crippen molar-refractivity contribution in [3.63, 3.8) is 0 Å². The van der Waals surface area contributed by atoms with E-state index in [9.17, 15) is 17.6 Å². The molecule has 1 amide bonds. The number of amides is 1. The number of aromatic nitrogens is 2. The van der Waals surface area contributed by atoms with E-state index in [1.54, 1.807) is 11.1 Å². The molecule has 0 unspecified atom stereocenters. The third-order valence-corrected chi connectivity index (χ3v) is 9.07. The molecule has 1 saturated heterocycles. The number of sulfonamides is 1. The molecule has 1 atom stereocenters. The van der Waals surface area contributed by atoms with Gasteiger partial charge in [0.1, 0.15) is 17.9 Å². The predicted molar refractivity (Wildman–Crippen MR) is 158 cm³/mol. The molecule has 0 spiro atoms.